The highest BCUT2D eigenvalue weighted by atomic mass is 35.5. The van der Waals surface area contributed by atoms with Crippen molar-refractivity contribution in [2.45, 2.75) is 31.8 Å². The maximum Gasteiger partial charge on any atom is 0.0672 e. The van der Waals surface area contributed by atoms with Gasteiger partial charge in [-0.05, 0) is 37.6 Å². The van der Waals surface area contributed by atoms with Crippen LogP contribution in [0.3, 0.4) is 0 Å². The van der Waals surface area contributed by atoms with E-state index in [1.54, 1.807) is 0 Å². The smallest absolute Gasteiger partial charge is 0.0672 e. The van der Waals surface area contributed by atoms with Crippen LogP contribution >= 0.6 is 11.6 Å². The van der Waals surface area contributed by atoms with Crippen molar-refractivity contribution in [2.75, 3.05) is 7.05 Å². The maximum absolute atomic E-state index is 9.09. The van der Waals surface area contributed by atoms with Crippen LogP contribution in [0.2, 0.25) is 5.02 Å². The molecule has 0 bridgehead atoms. The van der Waals surface area contributed by atoms with Crippen LogP contribution in [0.4, 0.5) is 0 Å². The van der Waals surface area contributed by atoms with E-state index >= 15 is 0 Å². The number of hydrogen-bond donors (Lipinski definition) is 0. The zero-order valence-corrected chi connectivity index (χ0v) is 10.8. The molecule has 0 aliphatic heterocycles. The lowest BCUT2D eigenvalue weighted by Gasteiger charge is -2.26. The molecule has 0 radical (unpaired) electrons. The van der Waals surface area contributed by atoms with Crippen molar-refractivity contribution in [3.8, 4) is 6.07 Å². The predicted octanol–water partition coefficient (Wildman–Crippen LogP) is 3.46. The van der Waals surface area contributed by atoms with Gasteiger partial charge in [0, 0.05) is 17.6 Å². The van der Waals surface area contributed by atoms with Gasteiger partial charge in [0.2, 0.25) is 0 Å². The minimum absolute atomic E-state index is 0.201. The van der Waals surface area contributed by atoms with Gasteiger partial charge >= 0.3 is 0 Å². The average molecular weight is 249 g/mol. The minimum Gasteiger partial charge on any atom is -0.298 e. The molecule has 0 aromatic heterocycles. The second-order valence-corrected chi connectivity index (χ2v) is 5.21. The molecule has 1 aromatic rings. The Labute approximate surface area is 108 Å². The third-order valence-electron chi connectivity index (χ3n) is 3.56. The van der Waals surface area contributed by atoms with Crippen molar-refractivity contribution in [2.24, 2.45) is 5.92 Å². The van der Waals surface area contributed by atoms with Crippen molar-refractivity contribution in [1.82, 2.24) is 4.90 Å². The highest BCUT2D eigenvalue weighted by molar-refractivity contribution is 6.30. The maximum atomic E-state index is 9.09. The van der Waals surface area contributed by atoms with E-state index in [0.717, 1.165) is 24.4 Å². The Morgan fingerprint density at radius 3 is 2.71 bits per heavy atom. The summed E-state index contributed by atoms with van der Waals surface area (Å²) in [6.45, 7) is 0.889. The van der Waals surface area contributed by atoms with Crippen molar-refractivity contribution < 1.29 is 0 Å². The van der Waals surface area contributed by atoms with Gasteiger partial charge in [-0.25, -0.2) is 0 Å². The largest absolute Gasteiger partial charge is 0.298 e. The Morgan fingerprint density at radius 1 is 1.35 bits per heavy atom. The summed E-state index contributed by atoms with van der Waals surface area (Å²) in [7, 11) is 2.11. The summed E-state index contributed by atoms with van der Waals surface area (Å²) < 4.78 is 0. The zero-order chi connectivity index (χ0) is 12.3. The first kappa shape index (κ1) is 12.4. The molecule has 1 fully saturated rings. The molecule has 2 atom stereocenters. The molecule has 0 heterocycles. The van der Waals surface area contributed by atoms with E-state index in [-0.39, 0.29) is 5.92 Å². The first-order valence-corrected chi connectivity index (χ1v) is 6.43. The number of hydrogen-bond acceptors (Lipinski definition) is 2. The molecular formula is C14H17ClN2. The summed E-state index contributed by atoms with van der Waals surface area (Å²) in [6, 6.07) is 10.8. The molecule has 0 saturated heterocycles. The lowest BCUT2D eigenvalue weighted by atomic mass is 10.0. The molecule has 1 aliphatic rings. The van der Waals surface area contributed by atoms with Gasteiger partial charge in [0.15, 0.2) is 0 Å². The second-order valence-electron chi connectivity index (χ2n) is 4.78. The van der Waals surface area contributed by atoms with Crippen LogP contribution in [0.25, 0.3) is 0 Å². The fourth-order valence-electron chi connectivity index (χ4n) is 2.61. The SMILES string of the molecule is CN(Cc1ccc(Cl)cc1)C1CCCC1C#N. The monoisotopic (exact) mass is 248 g/mol. The van der Waals surface area contributed by atoms with Crippen LogP contribution in [0.15, 0.2) is 24.3 Å². The summed E-state index contributed by atoms with van der Waals surface area (Å²) in [5.41, 5.74) is 1.25. The Bertz CT molecular complexity index is 407. The molecule has 0 N–H and O–H groups in total. The Morgan fingerprint density at radius 2 is 2.06 bits per heavy atom. The quantitative estimate of drug-likeness (QED) is 0.819. The molecule has 1 aromatic carbocycles. The van der Waals surface area contributed by atoms with E-state index in [1.165, 1.54) is 12.0 Å². The van der Waals surface area contributed by atoms with E-state index in [4.69, 9.17) is 16.9 Å². The third-order valence-corrected chi connectivity index (χ3v) is 3.81. The highest BCUT2D eigenvalue weighted by Crippen LogP contribution is 2.29. The Kier molecular flexibility index (Phi) is 4.04. The zero-order valence-electron chi connectivity index (χ0n) is 10.1. The van der Waals surface area contributed by atoms with Crippen LogP contribution in [0, 0.1) is 17.2 Å². The van der Waals surface area contributed by atoms with Crippen LogP contribution in [0.5, 0.6) is 0 Å². The molecule has 1 saturated carbocycles. The molecule has 3 heteroatoms. The molecule has 90 valence electrons. The highest BCUT2D eigenvalue weighted by Gasteiger charge is 2.30. The van der Waals surface area contributed by atoms with E-state index in [0.29, 0.717) is 6.04 Å². The minimum atomic E-state index is 0.201. The Hall–Kier alpha value is -1.04. The van der Waals surface area contributed by atoms with E-state index < -0.39 is 0 Å². The summed E-state index contributed by atoms with van der Waals surface area (Å²) >= 11 is 5.86. The summed E-state index contributed by atoms with van der Waals surface area (Å²) in [5, 5.41) is 9.86. The lowest BCUT2D eigenvalue weighted by Crippen LogP contribution is -2.33. The van der Waals surface area contributed by atoms with Crippen molar-refractivity contribution in [3.63, 3.8) is 0 Å². The van der Waals surface area contributed by atoms with Crippen LogP contribution in [0.1, 0.15) is 24.8 Å². The molecule has 2 unspecified atom stereocenters. The average Bonchev–Trinajstić information content (AvgIpc) is 2.80. The van der Waals surface area contributed by atoms with Gasteiger partial charge in [-0.3, -0.25) is 4.90 Å². The summed E-state index contributed by atoms with van der Waals surface area (Å²) in [5.74, 6) is 0.201. The number of nitriles is 1. The Balaban J connectivity index is 1.99. The standard InChI is InChI=1S/C14H17ClN2/c1-17(14-4-2-3-12(14)9-16)10-11-5-7-13(15)8-6-11/h5-8,12,14H,2-4,10H2,1H3. The van der Waals surface area contributed by atoms with Crippen LogP contribution < -0.4 is 0 Å². The van der Waals surface area contributed by atoms with Gasteiger partial charge in [0.25, 0.3) is 0 Å². The van der Waals surface area contributed by atoms with Gasteiger partial charge in [-0.15, -0.1) is 0 Å². The fourth-order valence-corrected chi connectivity index (χ4v) is 2.74. The van der Waals surface area contributed by atoms with Gasteiger partial charge in [0.05, 0.1) is 12.0 Å². The summed E-state index contributed by atoms with van der Waals surface area (Å²) in [6.07, 6.45) is 3.36. The van der Waals surface area contributed by atoms with Gasteiger partial charge < -0.3 is 0 Å². The fraction of sp³-hybridized carbons (Fsp3) is 0.500. The van der Waals surface area contributed by atoms with Crippen LogP contribution in [-0.4, -0.2) is 18.0 Å². The second kappa shape index (κ2) is 5.53. The van der Waals surface area contributed by atoms with E-state index in [1.807, 2.05) is 12.1 Å². The van der Waals surface area contributed by atoms with E-state index in [2.05, 4.69) is 30.1 Å². The predicted molar refractivity (Wildman–Crippen MR) is 69.7 cm³/mol. The molecule has 2 rings (SSSR count). The first-order chi connectivity index (χ1) is 8.20. The number of rotatable bonds is 3. The van der Waals surface area contributed by atoms with Crippen molar-refractivity contribution in [1.29, 1.82) is 5.26 Å². The molecule has 0 spiro atoms. The molecule has 1 aliphatic carbocycles. The van der Waals surface area contributed by atoms with Crippen LogP contribution in [-0.2, 0) is 6.54 Å². The molecule has 0 amide bonds. The lowest BCUT2D eigenvalue weighted by molar-refractivity contribution is 0.212. The molecule has 17 heavy (non-hydrogen) atoms. The number of benzene rings is 1. The van der Waals surface area contributed by atoms with Gasteiger partial charge in [0.1, 0.15) is 0 Å². The van der Waals surface area contributed by atoms with Crippen molar-refractivity contribution >= 4 is 11.6 Å². The third kappa shape index (κ3) is 3.00. The topological polar surface area (TPSA) is 27.0 Å². The van der Waals surface area contributed by atoms with Crippen molar-refractivity contribution in [3.05, 3.63) is 34.9 Å². The molecule has 2 nitrogen and oxygen atoms in total. The number of halogens is 1. The van der Waals surface area contributed by atoms with Gasteiger partial charge in [-0.2, -0.15) is 5.26 Å². The molecular weight excluding hydrogens is 232 g/mol. The summed E-state index contributed by atoms with van der Waals surface area (Å²) in [4.78, 5) is 2.30. The van der Waals surface area contributed by atoms with E-state index in [9.17, 15) is 0 Å². The number of nitrogens with zero attached hydrogens (tertiary/aromatic N) is 2. The first-order valence-electron chi connectivity index (χ1n) is 6.05. The van der Waals surface area contributed by atoms with Gasteiger partial charge in [-0.1, -0.05) is 30.2 Å². The normalized spacial score (nSPS) is 23.9.